The number of aryl methyl sites for hydroxylation is 1. The number of amides is 3. The fourth-order valence-corrected chi connectivity index (χ4v) is 3.22. The lowest BCUT2D eigenvalue weighted by atomic mass is 10.1. The number of carbonyl (C=O) groups is 3. The first-order valence-corrected chi connectivity index (χ1v) is 9.65. The van der Waals surface area contributed by atoms with Crippen molar-refractivity contribution in [1.29, 1.82) is 0 Å². The van der Waals surface area contributed by atoms with Gasteiger partial charge in [0.1, 0.15) is 5.82 Å². The first-order valence-electron chi connectivity index (χ1n) is 9.65. The lowest BCUT2D eigenvalue weighted by molar-refractivity contribution is -0.136. The zero-order valence-electron chi connectivity index (χ0n) is 16.7. The number of nitrogens with one attached hydrogen (secondary N) is 4. The summed E-state index contributed by atoms with van der Waals surface area (Å²) in [5, 5.41) is 15.7. The van der Waals surface area contributed by atoms with Crippen molar-refractivity contribution < 1.29 is 14.4 Å². The van der Waals surface area contributed by atoms with Gasteiger partial charge in [-0.25, -0.2) is 4.68 Å². The van der Waals surface area contributed by atoms with Gasteiger partial charge in [-0.2, -0.15) is 5.10 Å². The summed E-state index contributed by atoms with van der Waals surface area (Å²) in [6, 6.07) is 10.7. The van der Waals surface area contributed by atoms with Crippen LogP contribution >= 0.6 is 0 Å². The molecule has 3 unspecified atom stereocenters. The fraction of sp³-hybridized carbons (Fsp3) is 0.400. The van der Waals surface area contributed by atoms with Crippen molar-refractivity contribution in [3.63, 3.8) is 0 Å². The van der Waals surface area contributed by atoms with Crippen molar-refractivity contribution in [2.45, 2.75) is 52.0 Å². The summed E-state index contributed by atoms with van der Waals surface area (Å²) in [4.78, 5) is 36.8. The van der Waals surface area contributed by atoms with E-state index in [0.717, 1.165) is 12.0 Å². The maximum absolute atomic E-state index is 12.4. The van der Waals surface area contributed by atoms with Crippen molar-refractivity contribution >= 4 is 23.5 Å². The first kappa shape index (κ1) is 20.5. The smallest absolute Gasteiger partial charge is 0.314 e. The molecule has 0 aliphatic carbocycles. The third-order valence-electron chi connectivity index (χ3n) is 4.81. The van der Waals surface area contributed by atoms with E-state index in [0.29, 0.717) is 17.9 Å². The van der Waals surface area contributed by atoms with Crippen molar-refractivity contribution in [2.75, 3.05) is 5.32 Å². The minimum Gasteiger partial charge on any atom is -0.341 e. The highest BCUT2D eigenvalue weighted by molar-refractivity contribution is 6.39. The van der Waals surface area contributed by atoms with Gasteiger partial charge in [-0.15, -0.1) is 0 Å². The molecule has 3 rings (SSSR count). The van der Waals surface area contributed by atoms with Crippen LogP contribution in [0.2, 0.25) is 0 Å². The SMILES string of the molecule is CCC1CC(=O)NC(n2nc(C)cc2NC(=O)C(=O)NC(C)c2ccccc2)N1. The van der Waals surface area contributed by atoms with Crippen LogP contribution in [-0.2, 0) is 14.4 Å². The van der Waals surface area contributed by atoms with Crippen LogP contribution in [0.15, 0.2) is 36.4 Å². The second-order valence-electron chi connectivity index (χ2n) is 7.12. The van der Waals surface area contributed by atoms with Crippen molar-refractivity contribution in [3.8, 4) is 0 Å². The molecule has 1 aliphatic heterocycles. The summed E-state index contributed by atoms with van der Waals surface area (Å²) in [6.45, 7) is 5.57. The normalized spacial score (nSPS) is 19.9. The monoisotopic (exact) mass is 398 g/mol. The first-order chi connectivity index (χ1) is 13.9. The quantitative estimate of drug-likeness (QED) is 0.567. The predicted octanol–water partition coefficient (Wildman–Crippen LogP) is 1.35. The highest BCUT2D eigenvalue weighted by Crippen LogP contribution is 2.18. The molecular formula is C20H26N6O3. The van der Waals surface area contributed by atoms with E-state index in [-0.39, 0.29) is 18.0 Å². The molecule has 1 fully saturated rings. The van der Waals surface area contributed by atoms with Crippen LogP contribution in [0.5, 0.6) is 0 Å². The Morgan fingerprint density at radius 3 is 2.69 bits per heavy atom. The summed E-state index contributed by atoms with van der Waals surface area (Å²) in [5.41, 5.74) is 1.54. The Morgan fingerprint density at radius 2 is 2.00 bits per heavy atom. The molecule has 1 aliphatic rings. The number of nitrogens with zero attached hydrogens (tertiary/aromatic N) is 2. The average molecular weight is 398 g/mol. The number of aromatic nitrogens is 2. The zero-order valence-corrected chi connectivity index (χ0v) is 16.7. The number of hydrogen-bond acceptors (Lipinski definition) is 5. The second-order valence-corrected chi connectivity index (χ2v) is 7.12. The van der Waals surface area contributed by atoms with Gasteiger partial charge in [-0.05, 0) is 25.8 Å². The van der Waals surface area contributed by atoms with E-state index in [9.17, 15) is 14.4 Å². The maximum Gasteiger partial charge on any atom is 0.314 e. The molecule has 0 saturated carbocycles. The van der Waals surface area contributed by atoms with E-state index in [4.69, 9.17) is 0 Å². The second kappa shape index (κ2) is 8.87. The van der Waals surface area contributed by atoms with Crippen LogP contribution in [0.3, 0.4) is 0 Å². The van der Waals surface area contributed by atoms with Gasteiger partial charge < -0.3 is 16.0 Å². The number of hydrogen-bond donors (Lipinski definition) is 4. The fourth-order valence-electron chi connectivity index (χ4n) is 3.22. The van der Waals surface area contributed by atoms with E-state index >= 15 is 0 Å². The Hall–Kier alpha value is -3.20. The van der Waals surface area contributed by atoms with Crippen LogP contribution in [0, 0.1) is 6.92 Å². The molecule has 1 aromatic heterocycles. The third-order valence-corrected chi connectivity index (χ3v) is 4.81. The van der Waals surface area contributed by atoms with E-state index < -0.39 is 18.1 Å². The lowest BCUT2D eigenvalue weighted by Crippen LogP contribution is -2.53. The Morgan fingerprint density at radius 1 is 1.28 bits per heavy atom. The molecule has 0 spiro atoms. The van der Waals surface area contributed by atoms with Gasteiger partial charge in [0.05, 0.1) is 11.7 Å². The molecule has 3 amide bonds. The third kappa shape index (κ3) is 5.00. The van der Waals surface area contributed by atoms with Gasteiger partial charge in [0.25, 0.3) is 0 Å². The van der Waals surface area contributed by atoms with E-state index in [1.807, 2.05) is 37.3 Å². The molecule has 1 saturated heterocycles. The van der Waals surface area contributed by atoms with Gasteiger partial charge in [0, 0.05) is 18.5 Å². The molecule has 29 heavy (non-hydrogen) atoms. The topological polar surface area (TPSA) is 117 Å². The average Bonchev–Trinajstić information content (AvgIpc) is 3.08. The standard InChI is InChI=1S/C20H26N6O3/c1-4-15-11-17(27)24-20(22-15)26-16(10-12(2)25-26)23-19(29)18(28)21-13(3)14-8-6-5-7-9-14/h5-10,13,15,20,22H,4,11H2,1-3H3,(H,21,28)(H,23,29)(H,24,27). The van der Waals surface area contributed by atoms with Crippen LogP contribution in [0.4, 0.5) is 5.82 Å². The Kier molecular flexibility index (Phi) is 6.28. The minimum atomic E-state index is -0.803. The van der Waals surface area contributed by atoms with Crippen LogP contribution < -0.4 is 21.3 Å². The molecule has 0 radical (unpaired) electrons. The zero-order chi connectivity index (χ0) is 21.0. The van der Waals surface area contributed by atoms with Crippen LogP contribution in [0.25, 0.3) is 0 Å². The summed E-state index contributed by atoms with van der Waals surface area (Å²) in [7, 11) is 0. The number of anilines is 1. The predicted molar refractivity (Wildman–Crippen MR) is 108 cm³/mol. The van der Waals surface area contributed by atoms with Crippen molar-refractivity contribution in [3.05, 3.63) is 47.7 Å². The number of benzene rings is 1. The molecule has 9 nitrogen and oxygen atoms in total. The molecule has 1 aromatic carbocycles. The molecule has 2 heterocycles. The summed E-state index contributed by atoms with van der Waals surface area (Å²) in [5.74, 6) is -1.33. The van der Waals surface area contributed by atoms with E-state index in [1.54, 1.807) is 19.9 Å². The number of carbonyl (C=O) groups excluding carboxylic acids is 3. The van der Waals surface area contributed by atoms with Crippen molar-refractivity contribution in [2.24, 2.45) is 0 Å². The molecule has 0 bridgehead atoms. The van der Waals surface area contributed by atoms with Gasteiger partial charge in [-0.1, -0.05) is 37.3 Å². The lowest BCUT2D eigenvalue weighted by Gasteiger charge is -2.31. The van der Waals surface area contributed by atoms with Crippen LogP contribution in [0.1, 0.15) is 50.3 Å². The largest absolute Gasteiger partial charge is 0.341 e. The molecule has 154 valence electrons. The number of rotatable bonds is 5. The Labute approximate surface area is 169 Å². The summed E-state index contributed by atoms with van der Waals surface area (Å²) < 4.78 is 1.47. The maximum atomic E-state index is 12.4. The highest BCUT2D eigenvalue weighted by atomic mass is 16.2. The summed E-state index contributed by atoms with van der Waals surface area (Å²) in [6.07, 6.45) is 0.567. The van der Waals surface area contributed by atoms with E-state index in [2.05, 4.69) is 26.4 Å². The van der Waals surface area contributed by atoms with Crippen LogP contribution in [-0.4, -0.2) is 33.5 Å². The van der Waals surface area contributed by atoms with Gasteiger partial charge in [0.15, 0.2) is 6.29 Å². The van der Waals surface area contributed by atoms with Gasteiger partial charge in [-0.3, -0.25) is 19.7 Å². The molecule has 3 atom stereocenters. The molecule has 9 heteroatoms. The molecule has 2 aromatic rings. The van der Waals surface area contributed by atoms with E-state index in [1.165, 1.54) is 4.68 Å². The molecular weight excluding hydrogens is 372 g/mol. The van der Waals surface area contributed by atoms with Crippen molar-refractivity contribution in [1.82, 2.24) is 25.7 Å². The highest BCUT2D eigenvalue weighted by Gasteiger charge is 2.28. The van der Waals surface area contributed by atoms with Gasteiger partial charge >= 0.3 is 11.8 Å². The summed E-state index contributed by atoms with van der Waals surface area (Å²) >= 11 is 0. The minimum absolute atomic E-state index is 0.0110. The molecule has 4 N–H and O–H groups in total. The van der Waals surface area contributed by atoms with Gasteiger partial charge in [0.2, 0.25) is 5.91 Å². The Balaban J connectivity index is 1.69. The Bertz CT molecular complexity index is 895.